The molecule has 0 amide bonds. The molecule has 6 heteroatoms. The largest absolute Gasteiger partial charge is 0.493 e. The topological polar surface area (TPSA) is 88.6 Å². The number of methoxy groups -OCH3 is 1. The number of Topliss-reactive ketones (excluding diaryl/α,β-unsaturated/α-hetero) is 1. The molecule has 136 valence electrons. The molecule has 1 aromatic carbocycles. The molecule has 6 nitrogen and oxygen atoms in total. The highest BCUT2D eigenvalue weighted by Gasteiger charge is 2.38. The number of carbonyl (C=O) groups is 1. The van der Waals surface area contributed by atoms with Crippen LogP contribution in [0.25, 0.3) is 0 Å². The van der Waals surface area contributed by atoms with Crippen molar-refractivity contribution in [3.8, 4) is 17.6 Å². The van der Waals surface area contributed by atoms with E-state index < -0.39 is 5.92 Å². The molecule has 0 fully saturated rings. The molecule has 2 aliphatic rings. The summed E-state index contributed by atoms with van der Waals surface area (Å²) in [5.74, 6) is 1.22. The van der Waals surface area contributed by atoms with Crippen molar-refractivity contribution in [1.82, 2.24) is 4.90 Å². The Kier molecular flexibility index (Phi) is 4.90. The Morgan fingerprint density at radius 1 is 1.35 bits per heavy atom. The fourth-order valence-electron chi connectivity index (χ4n) is 3.73. The Morgan fingerprint density at radius 2 is 2.12 bits per heavy atom. The number of hydrogen-bond donors (Lipinski definition) is 1. The first-order chi connectivity index (χ1) is 12.5. The van der Waals surface area contributed by atoms with Crippen molar-refractivity contribution in [3.05, 3.63) is 46.4 Å². The zero-order valence-electron chi connectivity index (χ0n) is 15.3. The number of carbonyl (C=O) groups excluding carboxylic acids is 1. The standard InChI is InChI=1S/C20H23N3O3/c1-4-26-16-9-8-12(10-17(16)25-3)18-13(11-21)20(22)23(2)14-6-5-7-15(24)19(14)18/h8-10,18H,4-7,22H2,1-3H3/t18-/m0/s1. The highest BCUT2D eigenvalue weighted by molar-refractivity contribution is 5.99. The molecular weight excluding hydrogens is 330 g/mol. The van der Waals surface area contributed by atoms with E-state index in [1.807, 2.05) is 32.2 Å². The molecular formula is C20H23N3O3. The maximum Gasteiger partial charge on any atom is 0.161 e. The van der Waals surface area contributed by atoms with Crippen LogP contribution in [0.2, 0.25) is 0 Å². The van der Waals surface area contributed by atoms with Gasteiger partial charge in [-0.1, -0.05) is 6.07 Å². The first-order valence-electron chi connectivity index (χ1n) is 8.73. The average Bonchev–Trinajstić information content (AvgIpc) is 2.65. The van der Waals surface area contributed by atoms with Crippen molar-refractivity contribution < 1.29 is 14.3 Å². The zero-order valence-corrected chi connectivity index (χ0v) is 15.3. The smallest absolute Gasteiger partial charge is 0.161 e. The van der Waals surface area contributed by atoms with Crippen molar-refractivity contribution >= 4 is 5.78 Å². The molecule has 2 N–H and O–H groups in total. The van der Waals surface area contributed by atoms with Gasteiger partial charge in [-0.05, 0) is 37.5 Å². The highest BCUT2D eigenvalue weighted by Crippen LogP contribution is 2.45. The van der Waals surface area contributed by atoms with Crippen molar-refractivity contribution in [1.29, 1.82) is 5.26 Å². The maximum absolute atomic E-state index is 12.7. The van der Waals surface area contributed by atoms with E-state index in [1.165, 1.54) is 0 Å². The summed E-state index contributed by atoms with van der Waals surface area (Å²) in [5.41, 5.74) is 9.03. The van der Waals surface area contributed by atoms with Crippen molar-refractivity contribution in [2.75, 3.05) is 20.8 Å². The first-order valence-corrected chi connectivity index (χ1v) is 8.73. The predicted molar refractivity (Wildman–Crippen MR) is 97.4 cm³/mol. The van der Waals surface area contributed by atoms with Crippen molar-refractivity contribution in [2.24, 2.45) is 5.73 Å². The van der Waals surface area contributed by atoms with Gasteiger partial charge in [-0.25, -0.2) is 0 Å². The molecule has 1 aliphatic heterocycles. The summed E-state index contributed by atoms with van der Waals surface area (Å²) in [4.78, 5) is 14.5. The quantitative estimate of drug-likeness (QED) is 0.895. The third kappa shape index (κ3) is 2.80. The lowest BCUT2D eigenvalue weighted by molar-refractivity contribution is -0.116. The van der Waals surface area contributed by atoms with E-state index >= 15 is 0 Å². The summed E-state index contributed by atoms with van der Waals surface area (Å²) in [6.45, 7) is 2.42. The van der Waals surface area contributed by atoms with Crippen LogP contribution in [0, 0.1) is 11.3 Å². The highest BCUT2D eigenvalue weighted by atomic mass is 16.5. The van der Waals surface area contributed by atoms with E-state index in [2.05, 4.69) is 6.07 Å². The summed E-state index contributed by atoms with van der Waals surface area (Å²) < 4.78 is 11.0. The van der Waals surface area contributed by atoms with E-state index in [1.54, 1.807) is 12.0 Å². The normalized spacial score (nSPS) is 20.0. The second kappa shape index (κ2) is 7.12. The number of rotatable bonds is 4. The number of nitrogens with zero attached hydrogens (tertiary/aromatic N) is 2. The van der Waals surface area contributed by atoms with Gasteiger partial charge in [0.15, 0.2) is 17.3 Å². The number of ether oxygens (including phenoxy) is 2. The van der Waals surface area contributed by atoms with Gasteiger partial charge in [-0.15, -0.1) is 0 Å². The maximum atomic E-state index is 12.7. The van der Waals surface area contributed by atoms with Crippen LogP contribution in [0.15, 0.2) is 40.9 Å². The van der Waals surface area contributed by atoms with Crippen LogP contribution in [-0.2, 0) is 4.79 Å². The van der Waals surface area contributed by atoms with Gasteiger partial charge in [0.05, 0.1) is 31.3 Å². The Bertz CT molecular complexity index is 848. The molecule has 0 aromatic heterocycles. The lowest BCUT2D eigenvalue weighted by Crippen LogP contribution is -2.36. The second-order valence-corrected chi connectivity index (χ2v) is 6.38. The minimum absolute atomic E-state index is 0.0798. The van der Waals surface area contributed by atoms with Crippen LogP contribution in [0.5, 0.6) is 11.5 Å². The van der Waals surface area contributed by atoms with Crippen LogP contribution < -0.4 is 15.2 Å². The Hall–Kier alpha value is -2.94. The average molecular weight is 353 g/mol. The van der Waals surface area contributed by atoms with Gasteiger partial charge in [0, 0.05) is 24.7 Å². The Labute approximate surface area is 153 Å². The Morgan fingerprint density at radius 3 is 2.77 bits per heavy atom. The van der Waals surface area contributed by atoms with Crippen LogP contribution in [0.1, 0.15) is 37.7 Å². The van der Waals surface area contributed by atoms with E-state index in [-0.39, 0.29) is 5.78 Å². The number of ketones is 1. The summed E-state index contributed by atoms with van der Waals surface area (Å²) in [7, 11) is 3.39. The van der Waals surface area contributed by atoms with Crippen LogP contribution >= 0.6 is 0 Å². The van der Waals surface area contributed by atoms with Gasteiger partial charge in [-0.2, -0.15) is 5.26 Å². The van der Waals surface area contributed by atoms with Crippen molar-refractivity contribution in [2.45, 2.75) is 32.1 Å². The molecule has 1 atom stereocenters. The molecule has 0 saturated carbocycles. The molecule has 1 aliphatic carbocycles. The Balaban J connectivity index is 2.18. The molecule has 0 radical (unpaired) electrons. The molecule has 0 saturated heterocycles. The van der Waals surface area contributed by atoms with Gasteiger partial charge in [0.25, 0.3) is 0 Å². The summed E-state index contributed by atoms with van der Waals surface area (Å²) in [5, 5.41) is 9.75. The number of allylic oxidation sites excluding steroid dienone is 3. The van der Waals surface area contributed by atoms with Crippen LogP contribution in [-0.4, -0.2) is 31.4 Å². The van der Waals surface area contributed by atoms with E-state index in [4.69, 9.17) is 15.2 Å². The predicted octanol–water partition coefficient (Wildman–Crippen LogP) is 2.82. The third-order valence-corrected chi connectivity index (χ3v) is 4.99. The van der Waals surface area contributed by atoms with Gasteiger partial charge in [-0.3, -0.25) is 4.79 Å². The SMILES string of the molecule is CCOc1ccc([C@H]2C(C#N)=C(N)N(C)C3=C2C(=O)CCC3)cc1OC. The summed E-state index contributed by atoms with van der Waals surface area (Å²) in [6.07, 6.45) is 2.08. The van der Waals surface area contributed by atoms with E-state index in [9.17, 15) is 10.1 Å². The van der Waals surface area contributed by atoms with Crippen molar-refractivity contribution in [3.63, 3.8) is 0 Å². The minimum Gasteiger partial charge on any atom is -0.493 e. The second-order valence-electron chi connectivity index (χ2n) is 6.38. The van der Waals surface area contributed by atoms with Gasteiger partial charge >= 0.3 is 0 Å². The summed E-state index contributed by atoms with van der Waals surface area (Å²) in [6, 6.07) is 7.74. The van der Waals surface area contributed by atoms with Gasteiger partial charge < -0.3 is 20.1 Å². The van der Waals surface area contributed by atoms with Crippen LogP contribution in [0.3, 0.4) is 0 Å². The lowest BCUT2D eigenvalue weighted by Gasteiger charge is -2.37. The van der Waals surface area contributed by atoms with E-state index in [0.717, 1.165) is 24.1 Å². The first kappa shape index (κ1) is 17.9. The number of benzene rings is 1. The van der Waals surface area contributed by atoms with Gasteiger partial charge in [0.2, 0.25) is 0 Å². The molecule has 1 aromatic rings. The molecule has 26 heavy (non-hydrogen) atoms. The molecule has 0 bridgehead atoms. The van der Waals surface area contributed by atoms with E-state index in [0.29, 0.717) is 41.5 Å². The fraction of sp³-hybridized carbons (Fsp3) is 0.400. The summed E-state index contributed by atoms with van der Waals surface area (Å²) >= 11 is 0. The number of nitrogens with two attached hydrogens (primary N) is 1. The molecule has 0 unspecified atom stereocenters. The molecule has 3 rings (SSSR count). The minimum atomic E-state index is -0.469. The number of hydrogen-bond acceptors (Lipinski definition) is 6. The number of nitriles is 1. The monoisotopic (exact) mass is 353 g/mol. The van der Waals surface area contributed by atoms with Crippen LogP contribution in [0.4, 0.5) is 0 Å². The molecule has 0 spiro atoms. The lowest BCUT2D eigenvalue weighted by atomic mass is 9.76. The fourth-order valence-corrected chi connectivity index (χ4v) is 3.73. The zero-order chi connectivity index (χ0) is 18.8. The third-order valence-electron chi connectivity index (χ3n) is 4.99. The molecule has 1 heterocycles. The van der Waals surface area contributed by atoms with Gasteiger partial charge in [0.1, 0.15) is 5.82 Å².